The highest BCUT2D eigenvalue weighted by molar-refractivity contribution is 9.10. The molecule has 0 saturated heterocycles. The molecule has 0 aromatic heterocycles. The van der Waals surface area contributed by atoms with E-state index >= 15 is 0 Å². The van der Waals surface area contributed by atoms with Crippen molar-refractivity contribution in [3.63, 3.8) is 0 Å². The molecule has 0 aliphatic rings. The van der Waals surface area contributed by atoms with Crippen molar-refractivity contribution in [3.05, 3.63) is 28.2 Å². The van der Waals surface area contributed by atoms with Crippen molar-refractivity contribution in [3.8, 4) is 0 Å². The second-order valence-electron chi connectivity index (χ2n) is 4.14. The highest BCUT2D eigenvalue weighted by Gasteiger charge is 2.14. The van der Waals surface area contributed by atoms with Crippen LogP contribution >= 0.6 is 15.9 Å². The number of anilines is 1. The minimum Gasteiger partial charge on any atom is -0.324 e. The van der Waals surface area contributed by atoms with Crippen LogP contribution in [0.3, 0.4) is 0 Å². The van der Waals surface area contributed by atoms with Crippen molar-refractivity contribution < 1.29 is 13.2 Å². The van der Waals surface area contributed by atoms with Crippen LogP contribution in [0.5, 0.6) is 0 Å². The molecular weight excluding hydrogens is 334 g/mol. The molecule has 1 aromatic carbocycles. The smallest absolute Gasteiger partial charge is 0.279 e. The Morgan fingerprint density at radius 2 is 2.00 bits per heavy atom. The van der Waals surface area contributed by atoms with Gasteiger partial charge in [-0.15, -0.1) is 0 Å². The molecule has 106 valence electrons. The first-order valence-electron chi connectivity index (χ1n) is 5.45. The quantitative estimate of drug-likeness (QED) is 0.835. The zero-order valence-corrected chi connectivity index (χ0v) is 13.3. The van der Waals surface area contributed by atoms with Crippen molar-refractivity contribution >= 4 is 37.7 Å². The lowest BCUT2D eigenvalue weighted by molar-refractivity contribution is -0.115. The first-order valence-corrected chi connectivity index (χ1v) is 7.69. The number of carbonyl (C=O) groups excluding carboxylic acids is 1. The Balaban J connectivity index is 2.62. The van der Waals surface area contributed by atoms with Crippen LogP contribution in [0.2, 0.25) is 0 Å². The fourth-order valence-corrected chi connectivity index (χ4v) is 2.37. The predicted octanol–water partition coefficient (Wildman–Crippen LogP) is 1.09. The summed E-state index contributed by atoms with van der Waals surface area (Å²) in [5.41, 5.74) is 1.65. The van der Waals surface area contributed by atoms with Crippen LogP contribution < -0.4 is 10.0 Å². The van der Waals surface area contributed by atoms with Gasteiger partial charge < -0.3 is 5.32 Å². The largest absolute Gasteiger partial charge is 0.324 e. The summed E-state index contributed by atoms with van der Waals surface area (Å²) >= 11 is 3.33. The molecule has 0 atom stereocenters. The summed E-state index contributed by atoms with van der Waals surface area (Å²) in [6.07, 6.45) is 0. The Hall–Kier alpha value is -0.960. The summed E-state index contributed by atoms with van der Waals surface area (Å²) in [4.78, 5) is 11.6. The average molecular weight is 350 g/mol. The van der Waals surface area contributed by atoms with Crippen LogP contribution in [-0.2, 0) is 15.0 Å². The number of halogens is 1. The number of amides is 1. The first kappa shape index (κ1) is 16.1. The zero-order valence-electron chi connectivity index (χ0n) is 10.9. The van der Waals surface area contributed by atoms with Crippen LogP contribution in [0.1, 0.15) is 5.56 Å². The van der Waals surface area contributed by atoms with Crippen molar-refractivity contribution in [2.24, 2.45) is 0 Å². The highest BCUT2D eigenvalue weighted by Crippen LogP contribution is 2.23. The second-order valence-corrected chi connectivity index (χ2v) is 6.96. The molecule has 19 heavy (non-hydrogen) atoms. The zero-order chi connectivity index (χ0) is 14.6. The summed E-state index contributed by atoms with van der Waals surface area (Å²) in [5.74, 6) is -0.435. The molecule has 0 radical (unpaired) electrons. The molecule has 6 nitrogen and oxygen atoms in total. The van der Waals surface area contributed by atoms with E-state index in [4.69, 9.17) is 0 Å². The van der Waals surface area contributed by atoms with E-state index in [1.807, 2.05) is 19.1 Å². The lowest BCUT2D eigenvalue weighted by Gasteiger charge is -2.12. The van der Waals surface area contributed by atoms with Gasteiger partial charge in [-0.1, -0.05) is 6.07 Å². The number of benzene rings is 1. The summed E-state index contributed by atoms with van der Waals surface area (Å²) in [5, 5.41) is 2.62. The molecule has 0 heterocycles. The van der Waals surface area contributed by atoms with Gasteiger partial charge >= 0.3 is 0 Å². The number of aryl methyl sites for hydroxylation is 1. The fraction of sp³-hybridized carbons (Fsp3) is 0.364. The molecule has 0 fully saturated rings. The van der Waals surface area contributed by atoms with Gasteiger partial charge in [0.25, 0.3) is 10.2 Å². The number of nitrogens with one attached hydrogen (secondary N) is 2. The van der Waals surface area contributed by atoms with Gasteiger partial charge in [-0.05, 0) is 40.5 Å². The Morgan fingerprint density at radius 1 is 1.37 bits per heavy atom. The normalized spacial score (nSPS) is 11.6. The second kappa shape index (κ2) is 6.47. The lowest BCUT2D eigenvalue weighted by atomic mass is 10.2. The fourth-order valence-electron chi connectivity index (χ4n) is 1.20. The Labute approximate surface area is 121 Å². The van der Waals surface area contributed by atoms with Gasteiger partial charge in [0, 0.05) is 18.6 Å². The Morgan fingerprint density at radius 3 is 2.53 bits per heavy atom. The summed E-state index contributed by atoms with van der Waals surface area (Å²) < 4.78 is 26.8. The third-order valence-electron chi connectivity index (χ3n) is 2.29. The number of rotatable bonds is 5. The maximum absolute atomic E-state index is 11.6. The molecule has 8 heteroatoms. The molecule has 0 bridgehead atoms. The number of hydrogen-bond acceptors (Lipinski definition) is 3. The van der Waals surface area contributed by atoms with Crippen molar-refractivity contribution in [1.29, 1.82) is 0 Å². The van der Waals surface area contributed by atoms with Gasteiger partial charge in [0.1, 0.15) is 0 Å². The SMILES string of the molecule is Cc1ccc(NC(=O)CNS(=O)(=O)N(C)C)c(Br)c1. The molecule has 1 amide bonds. The van der Waals surface area contributed by atoms with Gasteiger partial charge in [0.05, 0.1) is 12.2 Å². The minimum atomic E-state index is -3.59. The molecule has 0 aliphatic heterocycles. The minimum absolute atomic E-state index is 0.319. The summed E-state index contributed by atoms with van der Waals surface area (Å²) in [6.45, 7) is 1.61. The van der Waals surface area contributed by atoms with Crippen LogP contribution in [0.4, 0.5) is 5.69 Å². The van der Waals surface area contributed by atoms with Gasteiger partial charge in [-0.25, -0.2) is 0 Å². The monoisotopic (exact) mass is 349 g/mol. The molecule has 0 spiro atoms. The van der Waals surface area contributed by atoms with Crippen molar-refractivity contribution in [2.45, 2.75) is 6.92 Å². The maximum Gasteiger partial charge on any atom is 0.279 e. The molecule has 0 aliphatic carbocycles. The van der Waals surface area contributed by atoms with Gasteiger partial charge in [0.2, 0.25) is 5.91 Å². The molecule has 1 rings (SSSR count). The molecule has 0 saturated carbocycles. The van der Waals surface area contributed by atoms with E-state index in [1.165, 1.54) is 14.1 Å². The van der Waals surface area contributed by atoms with Gasteiger partial charge in [-0.2, -0.15) is 17.4 Å². The summed E-state index contributed by atoms with van der Waals surface area (Å²) in [7, 11) is -0.820. The molecule has 0 unspecified atom stereocenters. The van der Waals surface area contributed by atoms with E-state index in [1.54, 1.807) is 6.07 Å². The number of hydrogen-bond donors (Lipinski definition) is 2. The lowest BCUT2D eigenvalue weighted by Crippen LogP contribution is -2.40. The topological polar surface area (TPSA) is 78.5 Å². The number of nitrogens with zero attached hydrogens (tertiary/aromatic N) is 1. The van der Waals surface area contributed by atoms with Crippen LogP contribution in [0.25, 0.3) is 0 Å². The van der Waals surface area contributed by atoms with E-state index < -0.39 is 16.1 Å². The molecular formula is C11H16BrN3O3S. The van der Waals surface area contributed by atoms with E-state index in [2.05, 4.69) is 26.0 Å². The Kier molecular flexibility index (Phi) is 5.48. The van der Waals surface area contributed by atoms with Crippen LogP contribution in [0.15, 0.2) is 22.7 Å². The van der Waals surface area contributed by atoms with Gasteiger partial charge in [0.15, 0.2) is 0 Å². The van der Waals surface area contributed by atoms with E-state index in [-0.39, 0.29) is 6.54 Å². The van der Waals surface area contributed by atoms with E-state index in [0.717, 1.165) is 14.3 Å². The van der Waals surface area contributed by atoms with Gasteiger partial charge in [-0.3, -0.25) is 4.79 Å². The average Bonchev–Trinajstić information content (AvgIpc) is 2.30. The van der Waals surface area contributed by atoms with Crippen molar-refractivity contribution in [2.75, 3.05) is 26.0 Å². The Bertz CT molecular complexity index is 573. The highest BCUT2D eigenvalue weighted by atomic mass is 79.9. The van der Waals surface area contributed by atoms with Crippen LogP contribution in [0, 0.1) is 6.92 Å². The maximum atomic E-state index is 11.6. The van der Waals surface area contributed by atoms with E-state index in [0.29, 0.717) is 5.69 Å². The van der Waals surface area contributed by atoms with E-state index in [9.17, 15) is 13.2 Å². The number of carbonyl (C=O) groups is 1. The predicted molar refractivity (Wildman–Crippen MR) is 78.1 cm³/mol. The standard InChI is InChI=1S/C11H16BrN3O3S/c1-8-4-5-10(9(12)6-8)14-11(16)7-13-19(17,18)15(2)3/h4-6,13H,7H2,1-3H3,(H,14,16). The summed E-state index contributed by atoms with van der Waals surface area (Å²) in [6, 6.07) is 5.46. The first-order chi connectivity index (χ1) is 8.72. The molecule has 1 aromatic rings. The van der Waals surface area contributed by atoms with Crippen LogP contribution in [-0.4, -0.2) is 39.3 Å². The third kappa shape index (κ3) is 4.90. The molecule has 2 N–H and O–H groups in total. The van der Waals surface area contributed by atoms with Crippen molar-refractivity contribution in [1.82, 2.24) is 9.03 Å². The third-order valence-corrected chi connectivity index (χ3v) is 4.42.